The van der Waals surface area contributed by atoms with E-state index in [2.05, 4.69) is 4.98 Å². The van der Waals surface area contributed by atoms with Crippen LogP contribution >= 0.6 is 0 Å². The summed E-state index contributed by atoms with van der Waals surface area (Å²) in [7, 11) is -4.14. The topological polar surface area (TPSA) is 172 Å². The minimum atomic E-state index is -4.14. The molecule has 0 unspecified atom stereocenters. The molecule has 0 bridgehead atoms. The van der Waals surface area contributed by atoms with E-state index in [4.69, 9.17) is 38.7 Å². The standard InChI is InChI=1S/C12H21NO8S.C6H6N2O/c1-10(2)18-7-5-16-12(6-17-22(13,14)15)9(8(7)19-10)20-11(3,4)21-12;7-6(9)5-2-1-3-8-4-5/h7-9H,5-6H2,1-4H3,(H2,13,14,15);1-4H,(H2,7,9)/t7-,8-,9+,12+;/m1./s1. The van der Waals surface area contributed by atoms with Crippen molar-refractivity contribution in [3.8, 4) is 0 Å². The van der Waals surface area contributed by atoms with Gasteiger partial charge in [-0.2, -0.15) is 8.42 Å². The van der Waals surface area contributed by atoms with Gasteiger partial charge in [0.15, 0.2) is 11.6 Å². The van der Waals surface area contributed by atoms with Crippen LogP contribution in [0.4, 0.5) is 0 Å². The number of carbonyl (C=O) groups excluding carboxylic acids is 1. The van der Waals surface area contributed by atoms with Crippen LogP contribution in [0, 0.1) is 0 Å². The van der Waals surface area contributed by atoms with Crippen molar-refractivity contribution in [3.05, 3.63) is 30.1 Å². The highest BCUT2D eigenvalue weighted by molar-refractivity contribution is 7.84. The zero-order valence-corrected chi connectivity index (χ0v) is 18.5. The maximum atomic E-state index is 11.1. The molecule has 3 fully saturated rings. The van der Waals surface area contributed by atoms with E-state index in [0.717, 1.165) is 0 Å². The number of ether oxygens (including phenoxy) is 5. The average Bonchev–Trinajstić information content (AvgIpc) is 3.12. The summed E-state index contributed by atoms with van der Waals surface area (Å²) >= 11 is 0. The summed E-state index contributed by atoms with van der Waals surface area (Å²) in [5, 5.41) is 4.89. The number of carbonyl (C=O) groups is 1. The monoisotopic (exact) mass is 461 g/mol. The van der Waals surface area contributed by atoms with Crippen molar-refractivity contribution in [2.75, 3.05) is 13.2 Å². The molecule has 0 aliphatic carbocycles. The van der Waals surface area contributed by atoms with Crippen molar-refractivity contribution < 1.29 is 41.1 Å². The van der Waals surface area contributed by atoms with Gasteiger partial charge in [0.1, 0.15) is 24.9 Å². The molecule has 4 heterocycles. The summed E-state index contributed by atoms with van der Waals surface area (Å²) in [5.41, 5.74) is 5.38. The zero-order chi connectivity index (χ0) is 23.1. The van der Waals surface area contributed by atoms with Crippen LogP contribution in [-0.2, 0) is 38.2 Å². The highest BCUT2D eigenvalue weighted by Crippen LogP contribution is 2.47. The highest BCUT2D eigenvalue weighted by Gasteiger charge is 2.65. The van der Waals surface area contributed by atoms with Gasteiger partial charge in [-0.15, -0.1) is 0 Å². The fourth-order valence-corrected chi connectivity index (χ4v) is 3.95. The predicted molar refractivity (Wildman–Crippen MR) is 104 cm³/mol. The van der Waals surface area contributed by atoms with Crippen molar-refractivity contribution in [2.45, 2.75) is 63.4 Å². The lowest BCUT2D eigenvalue weighted by molar-refractivity contribution is -0.290. The molecule has 31 heavy (non-hydrogen) atoms. The number of hydrogen-bond donors (Lipinski definition) is 2. The number of primary amides is 1. The fourth-order valence-electron chi connectivity index (χ4n) is 3.62. The minimum absolute atomic E-state index is 0.165. The lowest BCUT2D eigenvalue weighted by Crippen LogP contribution is -2.60. The molecular weight excluding hydrogens is 434 g/mol. The normalized spacial score (nSPS) is 33.0. The molecule has 1 amide bonds. The van der Waals surface area contributed by atoms with Gasteiger partial charge in [0.05, 0.1) is 12.2 Å². The van der Waals surface area contributed by atoms with Crippen LogP contribution < -0.4 is 10.9 Å². The first-order valence-corrected chi connectivity index (χ1v) is 10.9. The van der Waals surface area contributed by atoms with Crippen LogP contribution in [0.3, 0.4) is 0 Å². The van der Waals surface area contributed by atoms with Crippen LogP contribution in [0.2, 0.25) is 0 Å². The SMILES string of the molecule is CC1(C)O[C@@H]2[C@@H](CO[C@@]3(COS(N)(=O)=O)OC(C)(C)O[C@@H]23)O1.NC(=O)c1cccnc1. The molecule has 174 valence electrons. The van der Waals surface area contributed by atoms with Crippen LogP contribution in [0.5, 0.6) is 0 Å². The number of nitrogens with two attached hydrogens (primary N) is 2. The van der Waals surface area contributed by atoms with Crippen LogP contribution in [0.15, 0.2) is 24.5 Å². The van der Waals surface area contributed by atoms with Gasteiger partial charge in [0.25, 0.3) is 0 Å². The van der Waals surface area contributed by atoms with Crippen molar-refractivity contribution >= 4 is 16.2 Å². The number of rotatable bonds is 4. The maximum Gasteiger partial charge on any atom is 0.333 e. The zero-order valence-electron chi connectivity index (χ0n) is 17.6. The summed E-state index contributed by atoms with van der Waals surface area (Å²) in [6, 6.07) is 3.29. The second kappa shape index (κ2) is 8.33. The Morgan fingerprint density at radius 1 is 1.23 bits per heavy atom. The first kappa shape index (κ1) is 23.9. The molecule has 4 rings (SSSR count). The Kier molecular flexibility index (Phi) is 6.43. The number of nitrogens with zero attached hydrogens (tertiary/aromatic N) is 1. The molecule has 0 saturated carbocycles. The summed E-state index contributed by atoms with van der Waals surface area (Å²) in [5.74, 6) is -3.63. The third-order valence-electron chi connectivity index (χ3n) is 4.65. The number of aromatic nitrogens is 1. The van der Waals surface area contributed by atoms with Crippen molar-refractivity contribution in [1.29, 1.82) is 0 Å². The van der Waals surface area contributed by atoms with Gasteiger partial charge in [0.2, 0.25) is 11.7 Å². The van der Waals surface area contributed by atoms with E-state index in [9.17, 15) is 13.2 Å². The molecule has 0 radical (unpaired) electrons. The van der Waals surface area contributed by atoms with E-state index >= 15 is 0 Å². The predicted octanol–water partition coefficient (Wildman–Crippen LogP) is -0.215. The molecular formula is C18H27N3O9S. The second-order valence-corrected chi connectivity index (χ2v) is 9.38. The number of hydrogen-bond acceptors (Lipinski definition) is 10. The lowest BCUT2D eigenvalue weighted by atomic mass is 9.98. The summed E-state index contributed by atoms with van der Waals surface area (Å²) in [4.78, 5) is 14.1. The Balaban J connectivity index is 0.000000254. The number of fused-ring (bicyclic) bond motifs is 3. The van der Waals surface area contributed by atoms with Gasteiger partial charge in [-0.05, 0) is 39.8 Å². The Morgan fingerprint density at radius 2 is 1.94 bits per heavy atom. The molecule has 1 aromatic heterocycles. The summed E-state index contributed by atoms with van der Waals surface area (Å²) < 4.78 is 55.9. The highest BCUT2D eigenvalue weighted by atomic mass is 32.2. The van der Waals surface area contributed by atoms with Gasteiger partial charge in [-0.1, -0.05) is 0 Å². The van der Waals surface area contributed by atoms with Gasteiger partial charge >= 0.3 is 10.3 Å². The van der Waals surface area contributed by atoms with E-state index in [-0.39, 0.29) is 12.7 Å². The molecule has 3 aliphatic rings. The second-order valence-electron chi connectivity index (χ2n) is 8.16. The van der Waals surface area contributed by atoms with E-state index < -0.39 is 52.4 Å². The third kappa shape index (κ3) is 5.75. The maximum absolute atomic E-state index is 11.1. The largest absolute Gasteiger partial charge is 0.366 e. The molecule has 0 aromatic carbocycles. The van der Waals surface area contributed by atoms with Crippen molar-refractivity contribution in [1.82, 2.24) is 4.98 Å². The molecule has 12 nitrogen and oxygen atoms in total. The smallest absolute Gasteiger partial charge is 0.333 e. The Hall–Kier alpha value is -1.71. The molecule has 13 heteroatoms. The molecule has 4 atom stereocenters. The first-order valence-electron chi connectivity index (χ1n) is 9.47. The molecule has 0 spiro atoms. The third-order valence-corrected chi connectivity index (χ3v) is 5.09. The Bertz CT molecular complexity index is 909. The Labute approximate surface area is 180 Å². The van der Waals surface area contributed by atoms with Crippen molar-refractivity contribution in [2.24, 2.45) is 10.9 Å². The van der Waals surface area contributed by atoms with Crippen molar-refractivity contribution in [3.63, 3.8) is 0 Å². The van der Waals surface area contributed by atoms with Crippen LogP contribution in [0.25, 0.3) is 0 Å². The Morgan fingerprint density at radius 3 is 2.48 bits per heavy atom. The fraction of sp³-hybridized carbons (Fsp3) is 0.667. The van der Waals surface area contributed by atoms with Crippen LogP contribution in [-0.4, -0.2) is 68.2 Å². The van der Waals surface area contributed by atoms with E-state index in [0.29, 0.717) is 5.56 Å². The molecule has 4 N–H and O–H groups in total. The average molecular weight is 461 g/mol. The molecule has 3 saturated heterocycles. The first-order chi connectivity index (χ1) is 14.2. The van der Waals surface area contributed by atoms with Gasteiger partial charge in [-0.3, -0.25) is 14.0 Å². The summed E-state index contributed by atoms with van der Waals surface area (Å²) in [6.45, 7) is 6.71. The number of pyridine rings is 1. The minimum Gasteiger partial charge on any atom is -0.366 e. The van der Waals surface area contributed by atoms with Gasteiger partial charge < -0.3 is 29.4 Å². The molecule has 1 aromatic rings. The van der Waals surface area contributed by atoms with E-state index in [1.807, 2.05) is 0 Å². The van der Waals surface area contributed by atoms with E-state index in [1.54, 1.807) is 46.0 Å². The van der Waals surface area contributed by atoms with Gasteiger partial charge in [0, 0.05) is 12.4 Å². The van der Waals surface area contributed by atoms with Crippen LogP contribution in [0.1, 0.15) is 38.1 Å². The quantitative estimate of drug-likeness (QED) is 0.611. The lowest BCUT2D eigenvalue weighted by Gasteiger charge is -2.40. The van der Waals surface area contributed by atoms with Gasteiger partial charge in [-0.25, -0.2) is 5.14 Å². The van der Waals surface area contributed by atoms with E-state index in [1.165, 1.54) is 6.20 Å². The molecule has 3 aliphatic heterocycles. The summed E-state index contributed by atoms with van der Waals surface area (Å²) in [6.07, 6.45) is 1.52. The number of amides is 1.